The van der Waals surface area contributed by atoms with Crippen molar-refractivity contribution in [1.82, 2.24) is 9.88 Å². The van der Waals surface area contributed by atoms with E-state index < -0.39 is 0 Å². The molecular weight excluding hydrogens is 218 g/mol. The van der Waals surface area contributed by atoms with Crippen LogP contribution in [-0.4, -0.2) is 28.0 Å². The smallest absolute Gasteiger partial charge is 0.105 e. The summed E-state index contributed by atoms with van der Waals surface area (Å²) >= 11 is 5.04. The summed E-state index contributed by atoms with van der Waals surface area (Å²) in [6.45, 7) is 7.30. The van der Waals surface area contributed by atoms with Crippen LogP contribution in [0.4, 0.5) is 0 Å². The molecule has 2 heterocycles. The molecule has 86 valence electrons. The first-order valence-corrected chi connectivity index (χ1v) is 6.04. The molecule has 0 saturated heterocycles. The van der Waals surface area contributed by atoms with Gasteiger partial charge in [0, 0.05) is 36.5 Å². The van der Waals surface area contributed by atoms with Gasteiger partial charge in [0.2, 0.25) is 0 Å². The predicted octanol–water partition coefficient (Wildman–Crippen LogP) is 1.40. The average Bonchev–Trinajstić information content (AvgIpc) is 2.27. The number of hydrogen-bond acceptors (Lipinski definition) is 3. The van der Waals surface area contributed by atoms with E-state index in [4.69, 9.17) is 18.0 Å². The summed E-state index contributed by atoms with van der Waals surface area (Å²) in [7, 11) is 0. The molecule has 1 aliphatic heterocycles. The molecule has 3 nitrogen and oxygen atoms in total. The number of rotatable bonds is 2. The van der Waals surface area contributed by atoms with Crippen LogP contribution in [0, 0.1) is 6.92 Å². The van der Waals surface area contributed by atoms with Crippen molar-refractivity contribution in [2.24, 2.45) is 5.73 Å². The topological polar surface area (TPSA) is 42.2 Å². The molecule has 0 radical (unpaired) electrons. The number of fused-ring (bicyclic) bond motifs is 1. The van der Waals surface area contributed by atoms with E-state index in [0.29, 0.717) is 4.99 Å². The Morgan fingerprint density at radius 2 is 2.38 bits per heavy atom. The zero-order chi connectivity index (χ0) is 11.7. The fourth-order valence-corrected chi connectivity index (χ4v) is 2.36. The van der Waals surface area contributed by atoms with Gasteiger partial charge in [-0.2, -0.15) is 0 Å². The monoisotopic (exact) mass is 235 g/mol. The zero-order valence-corrected chi connectivity index (χ0v) is 10.6. The summed E-state index contributed by atoms with van der Waals surface area (Å²) in [4.78, 5) is 7.46. The standard InChI is InChI=1S/C12H17N3S/c1-3-15-5-4-11-9(7-15)6-10(12(13)16)8(2)14-11/h6H,3-5,7H2,1-2H3,(H2,13,16). The highest BCUT2D eigenvalue weighted by molar-refractivity contribution is 7.80. The molecule has 0 bridgehead atoms. The van der Waals surface area contributed by atoms with E-state index in [1.165, 1.54) is 11.3 Å². The van der Waals surface area contributed by atoms with Gasteiger partial charge in [-0.15, -0.1) is 0 Å². The number of thiocarbonyl (C=S) groups is 1. The zero-order valence-electron chi connectivity index (χ0n) is 9.79. The number of nitrogens with two attached hydrogens (primary N) is 1. The van der Waals surface area contributed by atoms with Crippen molar-refractivity contribution in [2.75, 3.05) is 13.1 Å². The number of pyridine rings is 1. The van der Waals surface area contributed by atoms with Crippen LogP contribution in [0.2, 0.25) is 0 Å². The lowest BCUT2D eigenvalue weighted by Gasteiger charge is -2.27. The normalized spacial score (nSPS) is 15.9. The number of aryl methyl sites for hydroxylation is 1. The van der Waals surface area contributed by atoms with Crippen LogP contribution in [-0.2, 0) is 13.0 Å². The highest BCUT2D eigenvalue weighted by Gasteiger charge is 2.18. The molecule has 1 aromatic heterocycles. The Morgan fingerprint density at radius 3 is 3.00 bits per heavy atom. The van der Waals surface area contributed by atoms with Gasteiger partial charge in [-0.3, -0.25) is 9.88 Å². The van der Waals surface area contributed by atoms with Crippen LogP contribution < -0.4 is 5.73 Å². The lowest BCUT2D eigenvalue weighted by Crippen LogP contribution is -2.31. The van der Waals surface area contributed by atoms with Crippen molar-refractivity contribution in [3.63, 3.8) is 0 Å². The molecule has 0 spiro atoms. The minimum atomic E-state index is 0.446. The van der Waals surface area contributed by atoms with E-state index in [9.17, 15) is 0 Å². The summed E-state index contributed by atoms with van der Waals surface area (Å²) in [5.41, 5.74) is 10.1. The van der Waals surface area contributed by atoms with E-state index >= 15 is 0 Å². The Bertz CT molecular complexity index is 429. The van der Waals surface area contributed by atoms with E-state index in [2.05, 4.69) is 22.9 Å². The molecule has 0 amide bonds. The van der Waals surface area contributed by atoms with Gasteiger partial charge in [0.25, 0.3) is 0 Å². The van der Waals surface area contributed by atoms with Crippen molar-refractivity contribution in [2.45, 2.75) is 26.8 Å². The van der Waals surface area contributed by atoms with Crippen LogP contribution >= 0.6 is 12.2 Å². The fraction of sp³-hybridized carbons (Fsp3) is 0.500. The van der Waals surface area contributed by atoms with Crippen LogP contribution in [0.25, 0.3) is 0 Å². The summed E-state index contributed by atoms with van der Waals surface area (Å²) in [5.74, 6) is 0. The highest BCUT2D eigenvalue weighted by Crippen LogP contribution is 2.20. The van der Waals surface area contributed by atoms with Gasteiger partial charge < -0.3 is 5.73 Å². The first kappa shape index (κ1) is 11.5. The highest BCUT2D eigenvalue weighted by atomic mass is 32.1. The second-order valence-electron chi connectivity index (χ2n) is 4.21. The summed E-state index contributed by atoms with van der Waals surface area (Å²) < 4.78 is 0. The van der Waals surface area contributed by atoms with E-state index in [1.54, 1.807) is 0 Å². The van der Waals surface area contributed by atoms with Gasteiger partial charge in [0.1, 0.15) is 4.99 Å². The van der Waals surface area contributed by atoms with Crippen LogP contribution in [0.15, 0.2) is 6.07 Å². The van der Waals surface area contributed by atoms with Gasteiger partial charge in [-0.1, -0.05) is 19.1 Å². The Morgan fingerprint density at radius 1 is 1.62 bits per heavy atom. The first-order chi connectivity index (χ1) is 7.61. The molecule has 2 rings (SSSR count). The predicted molar refractivity (Wildman–Crippen MR) is 69.5 cm³/mol. The summed E-state index contributed by atoms with van der Waals surface area (Å²) in [5, 5.41) is 0. The minimum absolute atomic E-state index is 0.446. The van der Waals surface area contributed by atoms with Crippen molar-refractivity contribution in [3.05, 3.63) is 28.6 Å². The molecule has 2 N–H and O–H groups in total. The molecule has 0 aliphatic carbocycles. The van der Waals surface area contributed by atoms with Crippen molar-refractivity contribution < 1.29 is 0 Å². The van der Waals surface area contributed by atoms with Gasteiger partial charge in [0.15, 0.2) is 0 Å². The number of hydrogen-bond donors (Lipinski definition) is 1. The third-order valence-corrected chi connectivity index (χ3v) is 3.37. The molecule has 4 heteroatoms. The lowest BCUT2D eigenvalue weighted by molar-refractivity contribution is 0.265. The number of aromatic nitrogens is 1. The quantitative estimate of drug-likeness (QED) is 0.787. The van der Waals surface area contributed by atoms with Gasteiger partial charge in [-0.25, -0.2) is 0 Å². The Balaban J connectivity index is 2.39. The second-order valence-corrected chi connectivity index (χ2v) is 4.65. The maximum Gasteiger partial charge on any atom is 0.105 e. The summed E-state index contributed by atoms with van der Waals surface area (Å²) in [6.07, 6.45) is 1.03. The molecular formula is C12H17N3S. The average molecular weight is 235 g/mol. The summed E-state index contributed by atoms with van der Waals surface area (Å²) in [6, 6.07) is 2.11. The molecule has 0 atom stereocenters. The molecule has 0 saturated carbocycles. The minimum Gasteiger partial charge on any atom is -0.389 e. The fourth-order valence-electron chi connectivity index (χ4n) is 2.15. The Hall–Kier alpha value is -1.00. The van der Waals surface area contributed by atoms with Crippen LogP contribution in [0.5, 0.6) is 0 Å². The third-order valence-electron chi connectivity index (χ3n) is 3.15. The Labute approximate surface area is 102 Å². The van der Waals surface area contributed by atoms with Crippen molar-refractivity contribution >= 4 is 17.2 Å². The third kappa shape index (κ3) is 2.08. The van der Waals surface area contributed by atoms with Crippen LogP contribution in [0.1, 0.15) is 29.4 Å². The van der Waals surface area contributed by atoms with Gasteiger partial charge in [0.05, 0.1) is 0 Å². The first-order valence-electron chi connectivity index (χ1n) is 5.63. The van der Waals surface area contributed by atoms with E-state index in [1.807, 2.05) is 6.92 Å². The molecule has 1 aromatic rings. The maximum absolute atomic E-state index is 5.69. The number of likely N-dealkylation sites (N-methyl/N-ethyl adjacent to an activating group) is 1. The van der Waals surface area contributed by atoms with Gasteiger partial charge >= 0.3 is 0 Å². The molecule has 1 aliphatic rings. The molecule has 16 heavy (non-hydrogen) atoms. The largest absolute Gasteiger partial charge is 0.389 e. The lowest BCUT2D eigenvalue weighted by atomic mass is 10.0. The SMILES string of the molecule is CCN1CCc2nc(C)c(C(N)=S)cc2C1. The van der Waals surface area contributed by atoms with Gasteiger partial charge in [-0.05, 0) is 25.1 Å². The molecule has 0 unspecified atom stereocenters. The molecule has 0 fully saturated rings. The van der Waals surface area contributed by atoms with E-state index in [-0.39, 0.29) is 0 Å². The van der Waals surface area contributed by atoms with Crippen molar-refractivity contribution in [1.29, 1.82) is 0 Å². The molecule has 0 aromatic carbocycles. The van der Waals surface area contributed by atoms with E-state index in [0.717, 1.165) is 37.3 Å². The second kappa shape index (κ2) is 4.47. The Kier molecular flexibility index (Phi) is 3.21. The maximum atomic E-state index is 5.69. The number of nitrogens with zero attached hydrogens (tertiary/aromatic N) is 2. The van der Waals surface area contributed by atoms with Crippen molar-refractivity contribution in [3.8, 4) is 0 Å². The van der Waals surface area contributed by atoms with Crippen LogP contribution in [0.3, 0.4) is 0 Å².